The Morgan fingerprint density at radius 2 is 2.18 bits per heavy atom. The largest absolute Gasteiger partial charge is 0.456 e. The Morgan fingerprint density at radius 1 is 1.27 bits per heavy atom. The number of carbonyl (C=O) groups is 1. The molecule has 0 fully saturated rings. The third-order valence-corrected chi connectivity index (χ3v) is 3.32. The van der Waals surface area contributed by atoms with Gasteiger partial charge >= 0.3 is 0 Å². The van der Waals surface area contributed by atoms with Gasteiger partial charge in [0.15, 0.2) is 5.76 Å². The van der Waals surface area contributed by atoms with E-state index in [2.05, 4.69) is 10.4 Å². The first-order valence-corrected chi connectivity index (χ1v) is 7.21. The molecule has 0 aliphatic heterocycles. The highest BCUT2D eigenvalue weighted by molar-refractivity contribution is 6.02. The van der Waals surface area contributed by atoms with Crippen LogP contribution in [0.1, 0.15) is 28.8 Å². The minimum atomic E-state index is -0.240. The number of aryl methyl sites for hydroxylation is 1. The zero-order valence-corrected chi connectivity index (χ0v) is 12.3. The SMILES string of the molecule is CCc1ccc(C(=O)Nc2cccc(Cn3cccn3)c2)o1. The van der Waals surface area contributed by atoms with Crippen molar-refractivity contribution in [1.29, 1.82) is 0 Å². The predicted octanol–water partition coefficient (Wildman–Crippen LogP) is 3.34. The first-order valence-electron chi connectivity index (χ1n) is 7.21. The molecule has 1 amide bonds. The summed E-state index contributed by atoms with van der Waals surface area (Å²) >= 11 is 0. The molecule has 0 saturated carbocycles. The molecule has 0 bridgehead atoms. The summed E-state index contributed by atoms with van der Waals surface area (Å²) in [5.41, 5.74) is 1.80. The van der Waals surface area contributed by atoms with E-state index >= 15 is 0 Å². The van der Waals surface area contributed by atoms with Gasteiger partial charge < -0.3 is 9.73 Å². The molecule has 0 aliphatic rings. The number of hydrogen-bond acceptors (Lipinski definition) is 3. The van der Waals surface area contributed by atoms with E-state index in [0.29, 0.717) is 12.3 Å². The van der Waals surface area contributed by atoms with Gasteiger partial charge in [0.1, 0.15) is 5.76 Å². The van der Waals surface area contributed by atoms with Crippen molar-refractivity contribution in [2.45, 2.75) is 19.9 Å². The Labute approximate surface area is 128 Å². The van der Waals surface area contributed by atoms with Crippen molar-refractivity contribution in [2.24, 2.45) is 0 Å². The Bertz CT molecular complexity index is 760. The first-order chi connectivity index (χ1) is 10.7. The van der Waals surface area contributed by atoms with E-state index in [1.165, 1.54) is 0 Å². The summed E-state index contributed by atoms with van der Waals surface area (Å²) in [6.07, 6.45) is 4.42. The van der Waals surface area contributed by atoms with Gasteiger partial charge in [0, 0.05) is 24.5 Å². The second kappa shape index (κ2) is 6.30. The van der Waals surface area contributed by atoms with E-state index in [1.54, 1.807) is 12.3 Å². The molecule has 0 saturated heterocycles. The van der Waals surface area contributed by atoms with Crippen LogP contribution in [0.25, 0.3) is 0 Å². The van der Waals surface area contributed by atoms with Gasteiger partial charge in [0.25, 0.3) is 5.91 Å². The third kappa shape index (κ3) is 3.25. The van der Waals surface area contributed by atoms with Crippen molar-refractivity contribution < 1.29 is 9.21 Å². The average Bonchev–Trinajstić information content (AvgIpc) is 3.18. The fraction of sp³-hybridized carbons (Fsp3) is 0.176. The lowest BCUT2D eigenvalue weighted by molar-refractivity contribution is 0.0995. The molecule has 5 nitrogen and oxygen atoms in total. The number of aromatic nitrogens is 2. The van der Waals surface area contributed by atoms with Crippen molar-refractivity contribution >= 4 is 11.6 Å². The zero-order chi connectivity index (χ0) is 15.4. The molecule has 3 aromatic rings. The van der Waals surface area contributed by atoms with Crippen LogP contribution in [-0.4, -0.2) is 15.7 Å². The lowest BCUT2D eigenvalue weighted by Gasteiger charge is -2.07. The number of furan rings is 1. The van der Waals surface area contributed by atoms with Crippen LogP contribution in [0.2, 0.25) is 0 Å². The molecule has 5 heteroatoms. The number of anilines is 1. The van der Waals surface area contributed by atoms with Gasteiger partial charge in [0.05, 0.1) is 6.54 Å². The van der Waals surface area contributed by atoms with Crippen molar-refractivity contribution in [1.82, 2.24) is 9.78 Å². The number of nitrogens with one attached hydrogen (secondary N) is 1. The number of nitrogens with zero attached hydrogens (tertiary/aromatic N) is 2. The van der Waals surface area contributed by atoms with Gasteiger partial charge in [-0.1, -0.05) is 19.1 Å². The molecular formula is C17H17N3O2. The van der Waals surface area contributed by atoms with Crippen LogP contribution in [0.3, 0.4) is 0 Å². The highest BCUT2D eigenvalue weighted by Gasteiger charge is 2.11. The van der Waals surface area contributed by atoms with E-state index in [0.717, 1.165) is 23.4 Å². The lowest BCUT2D eigenvalue weighted by Crippen LogP contribution is -2.11. The number of hydrogen-bond donors (Lipinski definition) is 1. The van der Waals surface area contributed by atoms with Crippen molar-refractivity contribution in [3.05, 3.63) is 71.9 Å². The molecule has 0 unspecified atom stereocenters. The van der Waals surface area contributed by atoms with Gasteiger partial charge in [-0.25, -0.2) is 0 Å². The van der Waals surface area contributed by atoms with E-state index in [-0.39, 0.29) is 5.91 Å². The maximum atomic E-state index is 12.1. The normalized spacial score (nSPS) is 10.6. The molecule has 0 spiro atoms. The summed E-state index contributed by atoms with van der Waals surface area (Å²) in [5, 5.41) is 7.03. The topological polar surface area (TPSA) is 60.1 Å². The van der Waals surface area contributed by atoms with Gasteiger partial charge in [-0.3, -0.25) is 9.48 Å². The van der Waals surface area contributed by atoms with Crippen molar-refractivity contribution in [3.8, 4) is 0 Å². The van der Waals surface area contributed by atoms with Crippen LogP contribution in [0.5, 0.6) is 0 Å². The molecule has 2 heterocycles. The minimum Gasteiger partial charge on any atom is -0.456 e. The number of carbonyl (C=O) groups excluding carboxylic acids is 1. The summed E-state index contributed by atoms with van der Waals surface area (Å²) in [6.45, 7) is 2.65. The molecule has 22 heavy (non-hydrogen) atoms. The molecule has 112 valence electrons. The summed E-state index contributed by atoms with van der Waals surface area (Å²) in [7, 11) is 0. The fourth-order valence-electron chi connectivity index (χ4n) is 2.21. The maximum absolute atomic E-state index is 12.1. The van der Waals surface area contributed by atoms with Crippen LogP contribution in [0, 0.1) is 0 Å². The van der Waals surface area contributed by atoms with Crippen LogP contribution >= 0.6 is 0 Å². The van der Waals surface area contributed by atoms with Crippen LogP contribution in [0.4, 0.5) is 5.69 Å². The van der Waals surface area contributed by atoms with Crippen molar-refractivity contribution in [2.75, 3.05) is 5.32 Å². The second-order valence-electron chi connectivity index (χ2n) is 4.98. The van der Waals surface area contributed by atoms with Crippen LogP contribution < -0.4 is 5.32 Å². The van der Waals surface area contributed by atoms with E-state index in [9.17, 15) is 4.79 Å². The van der Waals surface area contributed by atoms with Gasteiger partial charge in [-0.2, -0.15) is 5.10 Å². The van der Waals surface area contributed by atoms with E-state index in [1.807, 2.05) is 54.2 Å². The van der Waals surface area contributed by atoms with E-state index < -0.39 is 0 Å². The molecule has 2 aromatic heterocycles. The summed E-state index contributed by atoms with van der Waals surface area (Å²) in [6, 6.07) is 13.1. The van der Waals surface area contributed by atoms with Crippen LogP contribution in [-0.2, 0) is 13.0 Å². The first kappa shape index (κ1) is 14.1. The number of benzene rings is 1. The molecule has 0 atom stereocenters. The lowest BCUT2D eigenvalue weighted by atomic mass is 10.2. The summed E-state index contributed by atoms with van der Waals surface area (Å²) < 4.78 is 7.29. The van der Waals surface area contributed by atoms with Gasteiger partial charge in [-0.05, 0) is 35.9 Å². The van der Waals surface area contributed by atoms with Crippen molar-refractivity contribution in [3.63, 3.8) is 0 Å². The standard InChI is InChI=1S/C17H17N3O2/c1-2-15-7-8-16(22-15)17(21)19-14-6-3-5-13(11-14)12-20-10-4-9-18-20/h3-11H,2,12H2,1H3,(H,19,21). The smallest absolute Gasteiger partial charge is 0.291 e. The fourth-order valence-corrected chi connectivity index (χ4v) is 2.21. The summed E-state index contributed by atoms with van der Waals surface area (Å²) in [5.74, 6) is 0.892. The highest BCUT2D eigenvalue weighted by atomic mass is 16.3. The highest BCUT2D eigenvalue weighted by Crippen LogP contribution is 2.15. The zero-order valence-electron chi connectivity index (χ0n) is 12.3. The molecule has 0 radical (unpaired) electrons. The third-order valence-electron chi connectivity index (χ3n) is 3.32. The quantitative estimate of drug-likeness (QED) is 0.785. The van der Waals surface area contributed by atoms with Crippen LogP contribution in [0.15, 0.2) is 59.3 Å². The average molecular weight is 295 g/mol. The van der Waals surface area contributed by atoms with Gasteiger partial charge in [-0.15, -0.1) is 0 Å². The molecule has 0 aliphatic carbocycles. The second-order valence-corrected chi connectivity index (χ2v) is 4.98. The monoisotopic (exact) mass is 295 g/mol. The Kier molecular flexibility index (Phi) is 4.05. The summed E-state index contributed by atoms with van der Waals surface area (Å²) in [4.78, 5) is 12.1. The minimum absolute atomic E-state index is 0.240. The Balaban J connectivity index is 1.70. The Hall–Kier alpha value is -2.82. The van der Waals surface area contributed by atoms with E-state index in [4.69, 9.17) is 4.42 Å². The Morgan fingerprint density at radius 3 is 2.91 bits per heavy atom. The molecule has 1 aromatic carbocycles. The molecule has 1 N–H and O–H groups in total. The number of rotatable bonds is 5. The molecular weight excluding hydrogens is 278 g/mol. The predicted molar refractivity (Wildman–Crippen MR) is 83.8 cm³/mol. The van der Waals surface area contributed by atoms with Gasteiger partial charge in [0.2, 0.25) is 0 Å². The maximum Gasteiger partial charge on any atom is 0.291 e. The molecule has 3 rings (SSSR count). The number of amides is 1.